The van der Waals surface area contributed by atoms with Gasteiger partial charge in [0, 0.05) is 37.8 Å². The van der Waals surface area contributed by atoms with Crippen molar-refractivity contribution in [3.05, 3.63) is 0 Å². The minimum Gasteiger partial charge on any atom is -0.298 e. The summed E-state index contributed by atoms with van der Waals surface area (Å²) in [4.78, 5) is 5.07. The summed E-state index contributed by atoms with van der Waals surface area (Å²) in [6, 6.07) is 3.09. The minimum atomic E-state index is 0.306. The van der Waals surface area contributed by atoms with E-state index in [-0.39, 0.29) is 0 Å². The highest BCUT2D eigenvalue weighted by Crippen LogP contribution is 2.27. The van der Waals surface area contributed by atoms with Crippen LogP contribution in [0.3, 0.4) is 0 Å². The van der Waals surface area contributed by atoms with Crippen LogP contribution in [-0.4, -0.2) is 47.6 Å². The van der Waals surface area contributed by atoms with Gasteiger partial charge < -0.3 is 0 Å². The lowest BCUT2D eigenvalue weighted by Crippen LogP contribution is -2.56. The van der Waals surface area contributed by atoms with E-state index in [1.54, 1.807) is 0 Å². The van der Waals surface area contributed by atoms with Gasteiger partial charge in [0.25, 0.3) is 0 Å². The molecule has 0 aromatic heterocycles. The lowest BCUT2D eigenvalue weighted by Gasteiger charge is -2.47. The van der Waals surface area contributed by atoms with Crippen molar-refractivity contribution in [1.29, 1.82) is 5.26 Å². The van der Waals surface area contributed by atoms with Gasteiger partial charge in [0.2, 0.25) is 0 Å². The highest BCUT2D eigenvalue weighted by molar-refractivity contribution is 4.98. The molecule has 16 heavy (non-hydrogen) atoms. The normalized spacial score (nSPS) is 26.4. The Kier molecular flexibility index (Phi) is 3.23. The van der Waals surface area contributed by atoms with E-state index < -0.39 is 0 Å². The molecule has 0 radical (unpaired) electrons. The number of nitrogens with zero attached hydrogens (tertiary/aromatic N) is 3. The van der Waals surface area contributed by atoms with Gasteiger partial charge in [-0.3, -0.25) is 9.80 Å². The number of rotatable bonds is 1. The Labute approximate surface area is 99.0 Å². The quantitative estimate of drug-likeness (QED) is 0.675. The Bertz CT molecular complexity index is 273. The van der Waals surface area contributed by atoms with Crippen LogP contribution in [0.5, 0.6) is 0 Å². The summed E-state index contributed by atoms with van der Waals surface area (Å²) in [6.07, 6.45) is 2.55. The summed E-state index contributed by atoms with van der Waals surface area (Å²) in [5.41, 5.74) is 0.315. The molecule has 2 heterocycles. The van der Waals surface area contributed by atoms with E-state index in [4.69, 9.17) is 5.26 Å². The first-order chi connectivity index (χ1) is 7.50. The monoisotopic (exact) mass is 221 g/mol. The molecule has 2 saturated heterocycles. The number of hydrogen-bond acceptors (Lipinski definition) is 3. The molecule has 90 valence electrons. The van der Waals surface area contributed by atoms with Crippen molar-refractivity contribution in [3.63, 3.8) is 0 Å². The summed E-state index contributed by atoms with van der Waals surface area (Å²) in [6.45, 7) is 11.3. The zero-order chi connectivity index (χ0) is 11.8. The average molecular weight is 221 g/mol. The summed E-state index contributed by atoms with van der Waals surface area (Å²) in [5, 5.41) is 8.77. The summed E-state index contributed by atoms with van der Waals surface area (Å²) >= 11 is 0. The third-order valence-electron chi connectivity index (χ3n) is 4.02. The van der Waals surface area contributed by atoms with Gasteiger partial charge >= 0.3 is 0 Å². The molecule has 2 rings (SSSR count). The van der Waals surface area contributed by atoms with Crippen molar-refractivity contribution in [2.45, 2.75) is 45.2 Å². The van der Waals surface area contributed by atoms with Crippen LogP contribution in [-0.2, 0) is 0 Å². The zero-order valence-electron chi connectivity index (χ0n) is 10.7. The maximum absolute atomic E-state index is 8.77. The predicted molar refractivity (Wildman–Crippen MR) is 65.0 cm³/mol. The van der Waals surface area contributed by atoms with E-state index in [1.165, 1.54) is 25.9 Å². The Morgan fingerprint density at radius 3 is 2.12 bits per heavy atom. The van der Waals surface area contributed by atoms with Crippen molar-refractivity contribution >= 4 is 0 Å². The molecule has 0 amide bonds. The van der Waals surface area contributed by atoms with Crippen LogP contribution < -0.4 is 0 Å². The Hall–Kier alpha value is -0.590. The molecular formula is C13H23N3. The Morgan fingerprint density at radius 1 is 1.12 bits per heavy atom. The van der Waals surface area contributed by atoms with Gasteiger partial charge in [0.15, 0.2) is 0 Å². The van der Waals surface area contributed by atoms with Gasteiger partial charge in [-0.1, -0.05) is 0 Å². The molecular weight excluding hydrogens is 198 g/mol. The van der Waals surface area contributed by atoms with E-state index in [0.717, 1.165) is 19.1 Å². The van der Waals surface area contributed by atoms with Crippen LogP contribution >= 0.6 is 0 Å². The van der Waals surface area contributed by atoms with Gasteiger partial charge in [-0.25, -0.2) is 0 Å². The third-order valence-corrected chi connectivity index (χ3v) is 4.02. The fraction of sp³-hybridized carbons (Fsp3) is 0.923. The van der Waals surface area contributed by atoms with Gasteiger partial charge in [-0.15, -0.1) is 0 Å². The molecule has 0 unspecified atom stereocenters. The lowest BCUT2D eigenvalue weighted by atomic mass is 9.92. The molecule has 2 aliphatic rings. The molecule has 0 aliphatic carbocycles. The largest absolute Gasteiger partial charge is 0.298 e. The molecule has 2 fully saturated rings. The van der Waals surface area contributed by atoms with Gasteiger partial charge in [0.05, 0.1) is 12.0 Å². The standard InChI is InChI=1S/C13H23N3/c1-13(2,3)16-6-4-12(5-7-16)15-9-11(8-14)10-15/h11-12H,4-7,9-10H2,1-3H3. The summed E-state index contributed by atoms with van der Waals surface area (Å²) in [5.74, 6) is 0.306. The van der Waals surface area contributed by atoms with Crippen LogP contribution in [0, 0.1) is 17.2 Å². The van der Waals surface area contributed by atoms with Gasteiger partial charge in [0.1, 0.15) is 0 Å². The first-order valence-electron chi connectivity index (χ1n) is 6.39. The molecule has 0 spiro atoms. The molecule has 0 aromatic carbocycles. The van der Waals surface area contributed by atoms with Crippen molar-refractivity contribution in [1.82, 2.24) is 9.80 Å². The SMILES string of the molecule is CC(C)(C)N1CCC(N2CC(C#N)C2)CC1. The number of nitriles is 1. The number of likely N-dealkylation sites (tertiary alicyclic amines) is 2. The number of hydrogen-bond donors (Lipinski definition) is 0. The maximum Gasteiger partial charge on any atom is 0.0717 e. The third kappa shape index (κ3) is 2.39. The Balaban J connectivity index is 1.77. The summed E-state index contributed by atoms with van der Waals surface area (Å²) in [7, 11) is 0. The van der Waals surface area contributed by atoms with Crippen molar-refractivity contribution in [2.75, 3.05) is 26.2 Å². The highest BCUT2D eigenvalue weighted by atomic mass is 15.3. The molecule has 0 saturated carbocycles. The predicted octanol–water partition coefficient (Wildman–Crippen LogP) is 1.70. The molecule has 2 aliphatic heterocycles. The zero-order valence-corrected chi connectivity index (χ0v) is 10.7. The van der Waals surface area contributed by atoms with Crippen LogP contribution in [0.4, 0.5) is 0 Å². The van der Waals surface area contributed by atoms with Crippen LogP contribution in [0.15, 0.2) is 0 Å². The number of piperidine rings is 1. The maximum atomic E-state index is 8.77. The minimum absolute atomic E-state index is 0.306. The van der Waals surface area contributed by atoms with Crippen LogP contribution in [0.2, 0.25) is 0 Å². The molecule has 0 aromatic rings. The van der Waals surface area contributed by atoms with E-state index in [9.17, 15) is 0 Å². The van der Waals surface area contributed by atoms with E-state index in [0.29, 0.717) is 11.5 Å². The first-order valence-corrected chi connectivity index (χ1v) is 6.39. The molecule has 0 N–H and O–H groups in total. The average Bonchev–Trinajstić information content (AvgIpc) is 2.15. The smallest absolute Gasteiger partial charge is 0.0717 e. The molecule has 0 bridgehead atoms. The molecule has 3 heteroatoms. The second-order valence-electron chi connectivity index (χ2n) is 6.17. The lowest BCUT2D eigenvalue weighted by molar-refractivity contribution is 0.0154. The highest BCUT2D eigenvalue weighted by Gasteiger charge is 2.35. The molecule has 3 nitrogen and oxygen atoms in total. The van der Waals surface area contributed by atoms with E-state index >= 15 is 0 Å². The van der Waals surface area contributed by atoms with E-state index in [1.807, 2.05) is 0 Å². The van der Waals surface area contributed by atoms with E-state index in [2.05, 4.69) is 36.6 Å². The van der Waals surface area contributed by atoms with Crippen molar-refractivity contribution in [3.8, 4) is 6.07 Å². The van der Waals surface area contributed by atoms with Crippen LogP contribution in [0.25, 0.3) is 0 Å². The Morgan fingerprint density at radius 2 is 1.69 bits per heavy atom. The second-order valence-corrected chi connectivity index (χ2v) is 6.17. The topological polar surface area (TPSA) is 30.3 Å². The fourth-order valence-corrected chi connectivity index (χ4v) is 2.79. The fourth-order valence-electron chi connectivity index (χ4n) is 2.79. The van der Waals surface area contributed by atoms with Gasteiger partial charge in [-0.05, 0) is 33.6 Å². The summed E-state index contributed by atoms with van der Waals surface area (Å²) < 4.78 is 0. The van der Waals surface area contributed by atoms with Gasteiger partial charge in [-0.2, -0.15) is 5.26 Å². The van der Waals surface area contributed by atoms with Crippen molar-refractivity contribution < 1.29 is 0 Å². The van der Waals surface area contributed by atoms with Crippen LogP contribution in [0.1, 0.15) is 33.6 Å². The van der Waals surface area contributed by atoms with Crippen molar-refractivity contribution in [2.24, 2.45) is 5.92 Å². The molecule has 0 atom stereocenters. The first kappa shape index (κ1) is 11.9. The second kappa shape index (κ2) is 4.35.